The highest BCUT2D eigenvalue weighted by atomic mass is 32.2. The fourth-order valence-corrected chi connectivity index (χ4v) is 6.77. The number of benzene rings is 1. The highest BCUT2D eigenvalue weighted by Crippen LogP contribution is 2.28. The lowest BCUT2D eigenvalue weighted by Crippen LogP contribution is -2.35. The molecular weight excluding hydrogens is 595 g/mol. The molecule has 6 rings (SSSR count). The summed E-state index contributed by atoms with van der Waals surface area (Å²) < 4.78 is 58.5. The van der Waals surface area contributed by atoms with Gasteiger partial charge in [0.2, 0.25) is 5.95 Å². The molecule has 2 aliphatic heterocycles. The number of nitrogens with zero attached hydrogens (tertiary/aromatic N) is 4. The topological polar surface area (TPSA) is 123 Å². The molecule has 14 heteroatoms. The Bertz CT molecular complexity index is 1800. The zero-order valence-corrected chi connectivity index (χ0v) is 24.6. The smallest absolute Gasteiger partial charge is 0.382 e. The van der Waals surface area contributed by atoms with Crippen molar-refractivity contribution in [3.05, 3.63) is 65.2 Å². The van der Waals surface area contributed by atoms with E-state index < -0.39 is 21.5 Å². The molecule has 3 N–H and O–H groups in total. The van der Waals surface area contributed by atoms with Crippen LogP contribution in [0.1, 0.15) is 25.3 Å². The van der Waals surface area contributed by atoms with E-state index in [0.717, 1.165) is 43.5 Å². The van der Waals surface area contributed by atoms with Crippen LogP contribution in [0.4, 0.5) is 30.5 Å². The van der Waals surface area contributed by atoms with Crippen molar-refractivity contribution in [1.82, 2.24) is 24.8 Å². The van der Waals surface area contributed by atoms with E-state index in [0.29, 0.717) is 42.7 Å². The SMILES string of the molecule is C=S(=O)(CC(F)(F)F)c1ccc(-c2cc3cnc(Nc4ccc(NC5CCNCC5)cc4)nc3n(C3CCOC3)c2=O)nc1. The molecule has 2 saturated heterocycles. The average molecular weight is 628 g/mol. The first-order chi connectivity index (χ1) is 21.1. The van der Waals surface area contributed by atoms with E-state index >= 15 is 0 Å². The Morgan fingerprint density at radius 2 is 1.80 bits per heavy atom. The molecule has 0 aliphatic carbocycles. The van der Waals surface area contributed by atoms with E-state index in [1.807, 2.05) is 24.3 Å². The zero-order valence-electron chi connectivity index (χ0n) is 23.8. The van der Waals surface area contributed by atoms with Crippen LogP contribution in [-0.2, 0) is 14.3 Å². The van der Waals surface area contributed by atoms with Gasteiger partial charge < -0.3 is 20.7 Å². The van der Waals surface area contributed by atoms with Gasteiger partial charge in [0.05, 0.1) is 23.9 Å². The predicted molar refractivity (Wildman–Crippen MR) is 165 cm³/mol. The second-order valence-corrected chi connectivity index (χ2v) is 13.4. The summed E-state index contributed by atoms with van der Waals surface area (Å²) in [5.74, 6) is 2.04. The van der Waals surface area contributed by atoms with E-state index in [2.05, 4.69) is 31.8 Å². The number of alkyl halides is 3. The Hall–Kier alpha value is -4.01. The second-order valence-electron chi connectivity index (χ2n) is 11.0. The van der Waals surface area contributed by atoms with E-state index in [1.165, 1.54) is 12.1 Å². The molecule has 4 aromatic rings. The Morgan fingerprint density at radius 1 is 1.05 bits per heavy atom. The Balaban J connectivity index is 1.30. The van der Waals surface area contributed by atoms with Crippen molar-refractivity contribution in [1.29, 1.82) is 0 Å². The van der Waals surface area contributed by atoms with E-state index in [4.69, 9.17) is 9.72 Å². The van der Waals surface area contributed by atoms with Gasteiger partial charge in [-0.3, -0.25) is 18.6 Å². The number of anilines is 3. The molecule has 10 nitrogen and oxygen atoms in total. The predicted octanol–water partition coefficient (Wildman–Crippen LogP) is 4.36. The molecule has 2 fully saturated rings. The van der Waals surface area contributed by atoms with Gasteiger partial charge in [0.1, 0.15) is 11.4 Å². The molecule has 0 saturated carbocycles. The quantitative estimate of drug-likeness (QED) is 0.245. The van der Waals surface area contributed by atoms with E-state index in [-0.39, 0.29) is 27.8 Å². The Labute approximate surface area is 252 Å². The lowest BCUT2D eigenvalue weighted by molar-refractivity contribution is -0.105. The van der Waals surface area contributed by atoms with Gasteiger partial charge in [0.15, 0.2) is 0 Å². The fraction of sp³-hybridized carbons (Fsp3) is 0.367. The summed E-state index contributed by atoms with van der Waals surface area (Å²) in [5, 5.41) is 10.7. The molecule has 2 atom stereocenters. The summed E-state index contributed by atoms with van der Waals surface area (Å²) in [6.45, 7) is 2.82. The number of rotatable bonds is 8. The summed E-state index contributed by atoms with van der Waals surface area (Å²) in [6, 6.07) is 12.3. The molecule has 5 heterocycles. The third-order valence-electron chi connectivity index (χ3n) is 7.73. The number of pyridine rings is 2. The van der Waals surface area contributed by atoms with Crippen LogP contribution in [0, 0.1) is 0 Å². The standard InChI is InChI=1S/C30H32F3N7O3S/c1-44(42,18-30(31,32)33)24-6-7-26(35-16-24)25-14-19-15-36-29(39-27(19)40(28(25)41)23-10-13-43-17-23)38-21-4-2-20(3-5-21)37-22-8-11-34-12-9-22/h2-7,14-16,22-23,34,37H,1,8-13,17-18H2,(H,36,38,39). The monoisotopic (exact) mass is 627 g/mol. The second kappa shape index (κ2) is 12.2. The van der Waals surface area contributed by atoms with Crippen molar-refractivity contribution in [2.24, 2.45) is 0 Å². The van der Waals surface area contributed by atoms with Gasteiger partial charge in [0, 0.05) is 56.2 Å². The summed E-state index contributed by atoms with van der Waals surface area (Å²) in [5.41, 5.74) is 2.28. The van der Waals surface area contributed by atoms with Crippen LogP contribution in [0.15, 0.2) is 64.5 Å². The van der Waals surface area contributed by atoms with Gasteiger partial charge in [-0.15, -0.1) is 0 Å². The summed E-state index contributed by atoms with van der Waals surface area (Å²) >= 11 is 0. The third kappa shape index (κ3) is 6.71. The van der Waals surface area contributed by atoms with E-state index in [1.54, 1.807) is 16.8 Å². The van der Waals surface area contributed by atoms with Crippen molar-refractivity contribution in [3.63, 3.8) is 0 Å². The first-order valence-corrected chi connectivity index (χ1v) is 16.2. The van der Waals surface area contributed by atoms with Gasteiger partial charge in [-0.2, -0.15) is 18.2 Å². The summed E-state index contributed by atoms with van der Waals surface area (Å²) in [4.78, 5) is 27.1. The number of halogens is 3. The first-order valence-electron chi connectivity index (χ1n) is 14.3. The Morgan fingerprint density at radius 3 is 2.45 bits per heavy atom. The number of piperidine rings is 1. The van der Waals surface area contributed by atoms with Crippen molar-refractivity contribution in [2.75, 3.05) is 42.7 Å². The number of hydrogen-bond acceptors (Lipinski definition) is 9. The van der Waals surface area contributed by atoms with Gasteiger partial charge in [-0.05, 0) is 80.7 Å². The molecule has 0 spiro atoms. The highest BCUT2D eigenvalue weighted by Gasteiger charge is 2.33. The van der Waals surface area contributed by atoms with Gasteiger partial charge in [-0.1, -0.05) is 0 Å². The van der Waals surface area contributed by atoms with Crippen LogP contribution >= 0.6 is 0 Å². The van der Waals surface area contributed by atoms with Gasteiger partial charge in [-0.25, -0.2) is 4.98 Å². The van der Waals surface area contributed by atoms with Crippen LogP contribution in [0.3, 0.4) is 0 Å². The van der Waals surface area contributed by atoms with Gasteiger partial charge in [0.25, 0.3) is 5.56 Å². The molecular formula is C30H32F3N7O3S. The molecule has 44 heavy (non-hydrogen) atoms. The largest absolute Gasteiger partial charge is 0.400 e. The van der Waals surface area contributed by atoms with E-state index in [9.17, 15) is 22.2 Å². The van der Waals surface area contributed by atoms with Crippen LogP contribution in [0.5, 0.6) is 0 Å². The molecule has 2 aliphatic rings. The van der Waals surface area contributed by atoms with Crippen molar-refractivity contribution >= 4 is 43.7 Å². The maximum atomic E-state index is 13.9. The molecule has 2 unspecified atom stereocenters. The number of fused-ring (bicyclic) bond motifs is 1. The Kier molecular flexibility index (Phi) is 8.31. The molecule has 232 valence electrons. The normalized spacial score (nSPS) is 19.1. The number of hydrogen-bond donors (Lipinski definition) is 3. The van der Waals surface area contributed by atoms with Crippen LogP contribution in [0.25, 0.3) is 22.3 Å². The molecule has 0 bridgehead atoms. The van der Waals surface area contributed by atoms with Crippen molar-refractivity contribution in [3.8, 4) is 11.3 Å². The minimum Gasteiger partial charge on any atom is -0.382 e. The maximum Gasteiger partial charge on any atom is 0.400 e. The van der Waals surface area contributed by atoms with Crippen molar-refractivity contribution in [2.45, 2.75) is 42.4 Å². The van der Waals surface area contributed by atoms with Crippen LogP contribution in [0.2, 0.25) is 0 Å². The lowest BCUT2D eigenvalue weighted by Gasteiger charge is -2.24. The molecule has 1 aromatic carbocycles. The lowest BCUT2D eigenvalue weighted by atomic mass is 10.1. The minimum absolute atomic E-state index is 0.141. The number of nitrogens with one attached hydrogen (secondary N) is 3. The minimum atomic E-state index is -4.64. The van der Waals surface area contributed by atoms with Gasteiger partial charge >= 0.3 is 6.18 Å². The zero-order chi connectivity index (χ0) is 30.9. The number of aromatic nitrogens is 4. The molecule has 0 radical (unpaired) electrons. The summed E-state index contributed by atoms with van der Waals surface area (Å²) in [7, 11) is -3.64. The average Bonchev–Trinajstić information content (AvgIpc) is 3.52. The number of ether oxygens (including phenoxy) is 1. The van der Waals surface area contributed by atoms with Crippen molar-refractivity contribution < 1.29 is 22.1 Å². The highest BCUT2D eigenvalue weighted by molar-refractivity contribution is 8.00. The first kappa shape index (κ1) is 30.0. The fourth-order valence-electron chi connectivity index (χ4n) is 5.52. The van der Waals surface area contributed by atoms with Crippen LogP contribution < -0.4 is 21.5 Å². The molecule has 3 aromatic heterocycles. The maximum absolute atomic E-state index is 13.9. The van der Waals surface area contributed by atoms with Crippen LogP contribution in [-0.4, -0.2) is 73.9 Å². The third-order valence-corrected chi connectivity index (χ3v) is 9.63. The summed E-state index contributed by atoms with van der Waals surface area (Å²) in [6.07, 6.45) is 0.786. The molecule has 0 amide bonds.